The van der Waals surface area contributed by atoms with Gasteiger partial charge in [-0.2, -0.15) is 0 Å². The summed E-state index contributed by atoms with van der Waals surface area (Å²) in [6.07, 6.45) is 0.506. The van der Waals surface area contributed by atoms with Gasteiger partial charge < -0.3 is 14.8 Å². The predicted molar refractivity (Wildman–Crippen MR) is 115 cm³/mol. The lowest BCUT2D eigenvalue weighted by Gasteiger charge is -2.17. The molecular formula is C25H21N3O3. The van der Waals surface area contributed by atoms with E-state index in [1.54, 1.807) is 0 Å². The number of aldehydes is 1. The minimum atomic E-state index is -0.674. The van der Waals surface area contributed by atoms with E-state index in [1.807, 2.05) is 42.5 Å². The molecule has 0 saturated heterocycles. The number of rotatable bonds is 6. The highest BCUT2D eigenvalue weighted by atomic mass is 16.5. The van der Waals surface area contributed by atoms with Crippen molar-refractivity contribution in [1.82, 2.24) is 5.32 Å². The summed E-state index contributed by atoms with van der Waals surface area (Å²) >= 11 is 0. The molecule has 0 bridgehead atoms. The normalized spacial score (nSPS) is 14.5. The second-order valence-electron chi connectivity index (χ2n) is 7.70. The summed E-state index contributed by atoms with van der Waals surface area (Å²) in [5, 5.41) is 4.35. The highest BCUT2D eigenvalue weighted by molar-refractivity contribution is 5.79. The van der Waals surface area contributed by atoms with E-state index in [9.17, 15) is 9.59 Å². The Morgan fingerprint density at radius 3 is 2.39 bits per heavy atom. The molecule has 1 atom stereocenters. The molecule has 1 aliphatic heterocycles. The molecule has 3 aromatic rings. The number of nitrogens with zero attached hydrogens (tertiary/aromatic N) is 2. The molecule has 1 heterocycles. The molecule has 154 valence electrons. The van der Waals surface area contributed by atoms with Crippen LogP contribution in [0.2, 0.25) is 0 Å². The zero-order valence-corrected chi connectivity index (χ0v) is 16.8. The van der Waals surface area contributed by atoms with Gasteiger partial charge in [-0.05, 0) is 46.4 Å². The molecule has 31 heavy (non-hydrogen) atoms. The second kappa shape index (κ2) is 8.14. The predicted octanol–water partition coefficient (Wildman–Crippen LogP) is 2.55. The quantitative estimate of drug-likeness (QED) is 0.633. The minimum absolute atomic E-state index is 0.0186. The van der Waals surface area contributed by atoms with E-state index < -0.39 is 12.1 Å². The van der Waals surface area contributed by atoms with Gasteiger partial charge in [0.15, 0.2) is 0 Å². The first kappa shape index (κ1) is 19.2. The van der Waals surface area contributed by atoms with Crippen LogP contribution in [0.15, 0.2) is 76.7 Å². The maximum absolute atomic E-state index is 12.4. The van der Waals surface area contributed by atoms with E-state index in [4.69, 9.17) is 4.74 Å². The van der Waals surface area contributed by atoms with Gasteiger partial charge in [0.05, 0.1) is 16.8 Å². The van der Waals surface area contributed by atoms with Crippen LogP contribution in [0, 0.1) is 0 Å². The number of fused-ring (bicyclic) bond motifs is 4. The molecule has 0 saturated carbocycles. The Labute approximate surface area is 179 Å². The third-order valence-electron chi connectivity index (χ3n) is 5.79. The molecule has 1 amide bonds. The lowest BCUT2D eigenvalue weighted by Crippen LogP contribution is -2.38. The maximum Gasteiger partial charge on any atom is 0.407 e. The first-order valence-electron chi connectivity index (χ1n) is 10.3. The van der Waals surface area contributed by atoms with E-state index in [0.29, 0.717) is 13.1 Å². The van der Waals surface area contributed by atoms with Crippen molar-refractivity contribution in [2.75, 3.05) is 13.3 Å². The van der Waals surface area contributed by atoms with Crippen molar-refractivity contribution in [3.63, 3.8) is 0 Å². The number of hydrogen-bond donors (Lipinski definition) is 1. The number of benzene rings is 3. The highest BCUT2D eigenvalue weighted by Crippen LogP contribution is 2.44. The van der Waals surface area contributed by atoms with Gasteiger partial charge in [0, 0.05) is 5.92 Å². The molecule has 0 fully saturated rings. The van der Waals surface area contributed by atoms with Crippen molar-refractivity contribution in [2.24, 2.45) is 9.98 Å². The summed E-state index contributed by atoms with van der Waals surface area (Å²) in [6, 6.07) is 21.4. The number of amides is 1. The summed E-state index contributed by atoms with van der Waals surface area (Å²) in [5.74, 6) is -0.0186. The summed E-state index contributed by atoms with van der Waals surface area (Å²) < 4.78 is 5.54. The Bertz CT molecular complexity index is 1240. The molecule has 0 radical (unpaired) electrons. The van der Waals surface area contributed by atoms with Gasteiger partial charge in [-0.3, -0.25) is 9.98 Å². The first-order chi connectivity index (χ1) is 15.2. The van der Waals surface area contributed by atoms with Crippen molar-refractivity contribution in [2.45, 2.75) is 18.4 Å². The number of carbonyl (C=O) groups is 2. The van der Waals surface area contributed by atoms with Gasteiger partial charge >= 0.3 is 6.09 Å². The van der Waals surface area contributed by atoms with E-state index >= 15 is 0 Å². The van der Waals surface area contributed by atoms with Gasteiger partial charge in [-0.15, -0.1) is 0 Å². The Morgan fingerprint density at radius 2 is 1.68 bits per heavy atom. The zero-order valence-electron chi connectivity index (χ0n) is 16.8. The Kier molecular flexibility index (Phi) is 5.04. The van der Waals surface area contributed by atoms with E-state index in [0.717, 1.165) is 33.7 Å². The van der Waals surface area contributed by atoms with Crippen molar-refractivity contribution >= 4 is 12.4 Å². The van der Waals surface area contributed by atoms with Crippen LogP contribution in [0.25, 0.3) is 11.1 Å². The Balaban J connectivity index is 1.25. The average Bonchev–Trinajstić information content (AvgIpc) is 3.39. The van der Waals surface area contributed by atoms with E-state index in [1.165, 1.54) is 11.1 Å². The van der Waals surface area contributed by atoms with Crippen LogP contribution in [0.4, 0.5) is 4.79 Å². The average molecular weight is 411 g/mol. The lowest BCUT2D eigenvalue weighted by atomic mass is 9.98. The molecule has 1 unspecified atom stereocenters. The second-order valence-corrected chi connectivity index (χ2v) is 7.70. The van der Waals surface area contributed by atoms with Crippen LogP contribution >= 0.6 is 0 Å². The molecule has 2 aliphatic rings. The number of carbonyl (C=O) groups excluding carboxylic acids is 2. The van der Waals surface area contributed by atoms with Crippen LogP contribution in [0.5, 0.6) is 0 Å². The van der Waals surface area contributed by atoms with Gasteiger partial charge in [0.1, 0.15) is 19.6 Å². The van der Waals surface area contributed by atoms with Crippen molar-refractivity contribution in [3.05, 3.63) is 94.1 Å². The first-order valence-corrected chi connectivity index (χ1v) is 10.3. The van der Waals surface area contributed by atoms with Crippen LogP contribution < -0.4 is 16.0 Å². The maximum atomic E-state index is 12.4. The van der Waals surface area contributed by atoms with Crippen LogP contribution in [0.3, 0.4) is 0 Å². The van der Waals surface area contributed by atoms with Crippen molar-refractivity contribution in [3.8, 4) is 11.1 Å². The van der Waals surface area contributed by atoms with Crippen LogP contribution in [-0.4, -0.2) is 31.7 Å². The fourth-order valence-electron chi connectivity index (χ4n) is 4.32. The molecule has 0 spiro atoms. The third-order valence-corrected chi connectivity index (χ3v) is 5.79. The Hall–Kier alpha value is -3.80. The monoisotopic (exact) mass is 411 g/mol. The SMILES string of the molecule is O=CC(Cc1ccc2c(c1)=NCN=2)NC(=O)OCC1c2ccccc2-c2ccccc21. The molecule has 6 nitrogen and oxygen atoms in total. The third kappa shape index (κ3) is 3.72. The molecule has 5 rings (SSSR count). The summed E-state index contributed by atoms with van der Waals surface area (Å²) in [6.45, 7) is 0.651. The standard InChI is InChI=1S/C25H21N3O3/c29-13-17(11-16-9-10-23-24(12-16)27-15-26-23)28-25(30)31-14-22-20-7-3-1-5-18(20)19-6-2-4-8-21(19)22/h1-10,12-13,17,22H,11,14-15H2,(H,28,30). The number of ether oxygens (including phenoxy) is 1. The number of nitrogens with one attached hydrogen (secondary N) is 1. The molecule has 1 N–H and O–H groups in total. The van der Waals surface area contributed by atoms with Gasteiger partial charge in [-0.1, -0.05) is 54.6 Å². The number of hydrogen-bond acceptors (Lipinski definition) is 5. The molecule has 1 aliphatic carbocycles. The fourth-order valence-corrected chi connectivity index (χ4v) is 4.32. The largest absolute Gasteiger partial charge is 0.449 e. The summed E-state index contributed by atoms with van der Waals surface area (Å²) in [4.78, 5) is 32.6. The Morgan fingerprint density at radius 1 is 1.00 bits per heavy atom. The summed E-state index contributed by atoms with van der Waals surface area (Å²) in [7, 11) is 0. The molecule has 0 aromatic heterocycles. The van der Waals surface area contributed by atoms with E-state index in [-0.39, 0.29) is 12.5 Å². The zero-order chi connectivity index (χ0) is 21.2. The van der Waals surface area contributed by atoms with Gasteiger partial charge in [-0.25, -0.2) is 4.79 Å². The summed E-state index contributed by atoms with van der Waals surface area (Å²) in [5.41, 5.74) is 5.56. The smallest absolute Gasteiger partial charge is 0.407 e. The minimum Gasteiger partial charge on any atom is -0.449 e. The topological polar surface area (TPSA) is 80.1 Å². The fraction of sp³-hybridized carbons (Fsp3) is 0.200. The number of alkyl carbamates (subject to hydrolysis) is 1. The molecule has 6 heteroatoms. The lowest BCUT2D eigenvalue weighted by molar-refractivity contribution is -0.109. The molecular weight excluding hydrogens is 390 g/mol. The van der Waals surface area contributed by atoms with Crippen LogP contribution in [-0.2, 0) is 16.0 Å². The van der Waals surface area contributed by atoms with Crippen molar-refractivity contribution in [1.29, 1.82) is 0 Å². The van der Waals surface area contributed by atoms with Gasteiger partial charge in [0.25, 0.3) is 0 Å². The van der Waals surface area contributed by atoms with Gasteiger partial charge in [0.2, 0.25) is 0 Å². The van der Waals surface area contributed by atoms with Crippen LogP contribution in [0.1, 0.15) is 22.6 Å². The molecule has 3 aromatic carbocycles. The van der Waals surface area contributed by atoms with E-state index in [2.05, 4.69) is 39.6 Å². The highest BCUT2D eigenvalue weighted by Gasteiger charge is 2.29. The van der Waals surface area contributed by atoms with Crippen molar-refractivity contribution < 1.29 is 14.3 Å².